The third-order valence-electron chi connectivity index (χ3n) is 2.96. The van der Waals surface area contributed by atoms with Gasteiger partial charge in [0.2, 0.25) is 5.91 Å². The Morgan fingerprint density at radius 1 is 1.38 bits per heavy atom. The van der Waals surface area contributed by atoms with E-state index in [9.17, 15) is 14.4 Å². The van der Waals surface area contributed by atoms with E-state index in [1.54, 1.807) is 18.2 Å². The fourth-order valence-corrected chi connectivity index (χ4v) is 1.97. The molecule has 124 valence electrons. The lowest BCUT2D eigenvalue weighted by molar-refractivity contribution is -0.116. The second-order valence-corrected chi connectivity index (χ2v) is 4.69. The van der Waals surface area contributed by atoms with Crippen LogP contribution in [0.25, 0.3) is 11.1 Å². The normalized spacial score (nSPS) is 10.5. The molecule has 0 unspecified atom stereocenters. The molecule has 3 aromatic rings. The van der Waals surface area contributed by atoms with Crippen molar-refractivity contribution in [3.05, 3.63) is 34.9 Å². The van der Waals surface area contributed by atoms with E-state index >= 15 is 0 Å². The van der Waals surface area contributed by atoms with Crippen LogP contribution in [0.15, 0.2) is 33.6 Å². The summed E-state index contributed by atoms with van der Waals surface area (Å²) in [5.41, 5.74) is 1.36. The molecule has 3 rings (SSSR count). The number of rotatable bonds is 4. The van der Waals surface area contributed by atoms with Gasteiger partial charge in [-0.25, -0.2) is 14.3 Å². The molecule has 0 aliphatic rings. The summed E-state index contributed by atoms with van der Waals surface area (Å²) in [4.78, 5) is 36.6. The third-order valence-corrected chi connectivity index (χ3v) is 2.96. The number of aromatic nitrogens is 4. The standard InChI is InChI=1S/C13H12N6O5/c1-23-12(21)16-10-5-19(18-17-10)6-11(20)14-7-2-3-9-8(4-7)15-13(22)24-9/h2-5H,6H2,1H3,(H,14,20)(H,15,22)(H,16,21). The molecule has 0 radical (unpaired) electrons. The minimum absolute atomic E-state index is 0.115. The number of H-pyrrole nitrogens is 1. The number of ether oxygens (including phenoxy) is 1. The smallest absolute Gasteiger partial charge is 0.417 e. The first-order chi connectivity index (χ1) is 11.5. The summed E-state index contributed by atoms with van der Waals surface area (Å²) in [6.07, 6.45) is 0.696. The number of fused-ring (bicyclic) bond motifs is 1. The summed E-state index contributed by atoms with van der Waals surface area (Å²) in [5.74, 6) is -0.775. The number of oxazole rings is 1. The van der Waals surface area contributed by atoms with Crippen molar-refractivity contribution in [3.8, 4) is 0 Å². The first-order valence-corrected chi connectivity index (χ1v) is 6.71. The van der Waals surface area contributed by atoms with Gasteiger partial charge < -0.3 is 14.5 Å². The molecule has 0 aliphatic carbocycles. The van der Waals surface area contributed by atoms with Gasteiger partial charge in [-0.1, -0.05) is 5.21 Å². The highest BCUT2D eigenvalue weighted by molar-refractivity contribution is 5.92. The Kier molecular flexibility index (Phi) is 3.97. The van der Waals surface area contributed by atoms with Gasteiger partial charge in [0.15, 0.2) is 11.4 Å². The van der Waals surface area contributed by atoms with E-state index in [0.29, 0.717) is 16.8 Å². The van der Waals surface area contributed by atoms with Gasteiger partial charge in [0.25, 0.3) is 0 Å². The molecule has 0 atom stereocenters. The molecule has 1 aromatic carbocycles. The molecule has 0 bridgehead atoms. The second kappa shape index (κ2) is 6.24. The average molecular weight is 332 g/mol. The van der Waals surface area contributed by atoms with Crippen molar-refractivity contribution in [2.45, 2.75) is 6.54 Å². The molecular formula is C13H12N6O5. The highest BCUT2D eigenvalue weighted by atomic mass is 16.5. The maximum Gasteiger partial charge on any atom is 0.417 e. The fourth-order valence-electron chi connectivity index (χ4n) is 1.97. The van der Waals surface area contributed by atoms with Crippen LogP contribution in [-0.2, 0) is 16.1 Å². The average Bonchev–Trinajstić information content (AvgIpc) is 3.11. The predicted octanol–water partition coefficient (Wildman–Crippen LogP) is 0.530. The maximum atomic E-state index is 12.0. The molecule has 24 heavy (non-hydrogen) atoms. The van der Waals surface area contributed by atoms with Crippen molar-refractivity contribution >= 4 is 34.6 Å². The number of anilines is 2. The van der Waals surface area contributed by atoms with Crippen molar-refractivity contribution in [2.24, 2.45) is 0 Å². The Labute approximate surface area is 133 Å². The van der Waals surface area contributed by atoms with Gasteiger partial charge in [-0.05, 0) is 18.2 Å². The molecule has 0 spiro atoms. The van der Waals surface area contributed by atoms with E-state index in [1.807, 2.05) is 0 Å². The second-order valence-electron chi connectivity index (χ2n) is 4.69. The number of nitrogens with one attached hydrogen (secondary N) is 3. The van der Waals surface area contributed by atoms with Crippen LogP contribution in [0.5, 0.6) is 0 Å². The van der Waals surface area contributed by atoms with Gasteiger partial charge in [-0.3, -0.25) is 15.1 Å². The molecular weight excluding hydrogens is 320 g/mol. The van der Waals surface area contributed by atoms with Crippen molar-refractivity contribution < 1.29 is 18.7 Å². The van der Waals surface area contributed by atoms with Crippen LogP contribution in [0.3, 0.4) is 0 Å². The highest BCUT2D eigenvalue weighted by Gasteiger charge is 2.10. The number of carbonyl (C=O) groups excluding carboxylic acids is 2. The van der Waals surface area contributed by atoms with E-state index in [0.717, 1.165) is 0 Å². The van der Waals surface area contributed by atoms with Gasteiger partial charge in [0.05, 0.1) is 18.8 Å². The lowest BCUT2D eigenvalue weighted by atomic mass is 10.3. The number of aromatic amines is 1. The van der Waals surface area contributed by atoms with Gasteiger partial charge in [0.1, 0.15) is 6.54 Å². The Morgan fingerprint density at radius 3 is 3.00 bits per heavy atom. The SMILES string of the molecule is COC(=O)Nc1cn(CC(=O)Nc2ccc3oc(=O)[nH]c3c2)nn1. The van der Waals surface area contributed by atoms with Crippen LogP contribution in [0, 0.1) is 0 Å². The number of nitrogens with zero attached hydrogens (tertiary/aromatic N) is 3. The molecule has 0 fully saturated rings. The highest BCUT2D eigenvalue weighted by Crippen LogP contribution is 2.16. The van der Waals surface area contributed by atoms with Gasteiger partial charge >= 0.3 is 11.8 Å². The van der Waals surface area contributed by atoms with Crippen LogP contribution in [0.2, 0.25) is 0 Å². The predicted molar refractivity (Wildman–Crippen MR) is 81.5 cm³/mol. The van der Waals surface area contributed by atoms with Crippen LogP contribution in [-0.4, -0.2) is 39.1 Å². The summed E-state index contributed by atoms with van der Waals surface area (Å²) in [5, 5.41) is 12.4. The summed E-state index contributed by atoms with van der Waals surface area (Å²) < 4.78 is 10.5. The number of carbonyl (C=O) groups is 2. The minimum atomic E-state index is -0.686. The third kappa shape index (κ3) is 3.40. The fraction of sp³-hybridized carbons (Fsp3) is 0.154. The molecule has 3 N–H and O–H groups in total. The zero-order chi connectivity index (χ0) is 17.1. The zero-order valence-corrected chi connectivity index (χ0v) is 12.4. The monoisotopic (exact) mass is 332 g/mol. The summed E-state index contributed by atoms with van der Waals surface area (Å²) in [6, 6.07) is 4.74. The molecule has 2 aromatic heterocycles. The number of amides is 2. The lowest BCUT2D eigenvalue weighted by Crippen LogP contribution is -2.19. The number of hydrogen-bond acceptors (Lipinski definition) is 7. The molecule has 2 amide bonds. The quantitative estimate of drug-likeness (QED) is 0.632. The maximum absolute atomic E-state index is 12.0. The van der Waals surface area contributed by atoms with Crippen LogP contribution in [0.1, 0.15) is 0 Å². The molecule has 2 heterocycles. The number of hydrogen-bond donors (Lipinski definition) is 3. The number of methoxy groups -OCH3 is 1. The molecule has 0 saturated carbocycles. The van der Waals surface area contributed by atoms with E-state index in [1.165, 1.54) is 18.0 Å². The molecule has 0 aliphatic heterocycles. The van der Waals surface area contributed by atoms with Crippen molar-refractivity contribution in [2.75, 3.05) is 17.7 Å². The van der Waals surface area contributed by atoms with E-state index in [4.69, 9.17) is 4.42 Å². The minimum Gasteiger partial charge on any atom is -0.453 e. The zero-order valence-electron chi connectivity index (χ0n) is 12.4. The largest absolute Gasteiger partial charge is 0.453 e. The molecule has 11 nitrogen and oxygen atoms in total. The first kappa shape index (κ1) is 15.3. The Balaban J connectivity index is 1.64. The van der Waals surface area contributed by atoms with Crippen molar-refractivity contribution in [1.29, 1.82) is 0 Å². The Morgan fingerprint density at radius 2 is 2.21 bits per heavy atom. The van der Waals surface area contributed by atoms with Crippen LogP contribution >= 0.6 is 0 Å². The van der Waals surface area contributed by atoms with Gasteiger partial charge in [-0.2, -0.15) is 0 Å². The first-order valence-electron chi connectivity index (χ1n) is 6.71. The number of benzene rings is 1. The van der Waals surface area contributed by atoms with Crippen molar-refractivity contribution in [3.63, 3.8) is 0 Å². The Bertz CT molecular complexity index is 955. The topological polar surface area (TPSA) is 144 Å². The van der Waals surface area contributed by atoms with Crippen molar-refractivity contribution in [1.82, 2.24) is 20.0 Å². The van der Waals surface area contributed by atoms with Crippen LogP contribution in [0.4, 0.5) is 16.3 Å². The van der Waals surface area contributed by atoms with E-state index in [2.05, 4.69) is 30.7 Å². The van der Waals surface area contributed by atoms with E-state index < -0.39 is 11.8 Å². The van der Waals surface area contributed by atoms with E-state index in [-0.39, 0.29) is 18.3 Å². The molecule has 11 heteroatoms. The molecule has 0 saturated heterocycles. The van der Waals surface area contributed by atoms with Crippen LogP contribution < -0.4 is 16.4 Å². The lowest BCUT2D eigenvalue weighted by Gasteiger charge is -2.04. The summed E-state index contributed by atoms with van der Waals surface area (Å²) in [6.45, 7) is -0.115. The summed E-state index contributed by atoms with van der Waals surface area (Å²) >= 11 is 0. The van der Waals surface area contributed by atoms with Gasteiger partial charge in [-0.15, -0.1) is 5.10 Å². The van der Waals surface area contributed by atoms with Gasteiger partial charge in [0, 0.05) is 5.69 Å². The summed E-state index contributed by atoms with van der Waals surface area (Å²) in [7, 11) is 1.22. The Hall–Kier alpha value is -3.63.